The third kappa shape index (κ3) is 4.76. The van der Waals surface area contributed by atoms with Crippen molar-refractivity contribution >= 4 is 11.8 Å². The van der Waals surface area contributed by atoms with Gasteiger partial charge in [0.15, 0.2) is 0 Å². The van der Waals surface area contributed by atoms with E-state index >= 15 is 0 Å². The molecule has 1 rings (SSSR count). The number of halogens is 1. The maximum atomic E-state index is 13.5. The van der Waals surface area contributed by atoms with Crippen molar-refractivity contribution in [2.75, 3.05) is 12.0 Å². The molecule has 92 valence electrons. The van der Waals surface area contributed by atoms with Crippen LogP contribution in [0.3, 0.4) is 0 Å². The van der Waals surface area contributed by atoms with Gasteiger partial charge in [0.05, 0.1) is 11.6 Å². The zero-order valence-electron chi connectivity index (χ0n) is 10.2. The zero-order valence-corrected chi connectivity index (χ0v) is 11.0. The van der Waals surface area contributed by atoms with Gasteiger partial charge in [0.2, 0.25) is 0 Å². The summed E-state index contributed by atoms with van der Waals surface area (Å²) in [6.45, 7) is 2.55. The van der Waals surface area contributed by atoms with Crippen LogP contribution in [0, 0.1) is 17.1 Å². The van der Waals surface area contributed by atoms with Crippen molar-refractivity contribution in [2.45, 2.75) is 25.9 Å². The molecule has 1 aromatic rings. The fourth-order valence-electron chi connectivity index (χ4n) is 1.46. The molecule has 0 aliphatic carbocycles. The van der Waals surface area contributed by atoms with Crippen molar-refractivity contribution in [1.82, 2.24) is 5.32 Å². The minimum Gasteiger partial charge on any atom is -0.310 e. The average Bonchev–Trinajstić information content (AvgIpc) is 2.35. The van der Waals surface area contributed by atoms with Crippen LogP contribution in [0.1, 0.15) is 24.5 Å². The maximum absolute atomic E-state index is 13.5. The first kappa shape index (κ1) is 14.0. The minimum atomic E-state index is -0.256. The van der Waals surface area contributed by atoms with E-state index in [-0.39, 0.29) is 5.82 Å². The van der Waals surface area contributed by atoms with Gasteiger partial charge in [-0.3, -0.25) is 0 Å². The van der Waals surface area contributed by atoms with Gasteiger partial charge in [-0.2, -0.15) is 17.0 Å². The number of thioether (sulfide) groups is 1. The van der Waals surface area contributed by atoms with Crippen LogP contribution in [0.15, 0.2) is 18.2 Å². The molecule has 0 spiro atoms. The first-order valence-electron chi connectivity index (χ1n) is 5.58. The molecule has 0 radical (unpaired) electrons. The average molecular weight is 252 g/mol. The molecule has 1 N–H and O–H groups in total. The SMILES string of the molecule is CSCCC(C)NCc1cc(C#N)ccc1F. The van der Waals surface area contributed by atoms with Crippen LogP contribution in [0.25, 0.3) is 0 Å². The molecule has 1 atom stereocenters. The molecule has 1 aromatic carbocycles. The third-order valence-electron chi connectivity index (χ3n) is 2.57. The fraction of sp³-hybridized carbons (Fsp3) is 0.462. The third-order valence-corrected chi connectivity index (χ3v) is 3.21. The van der Waals surface area contributed by atoms with E-state index < -0.39 is 0 Å². The van der Waals surface area contributed by atoms with Crippen molar-refractivity contribution in [3.8, 4) is 6.07 Å². The Bertz CT molecular complexity index is 401. The monoisotopic (exact) mass is 252 g/mol. The molecule has 1 unspecified atom stereocenters. The van der Waals surface area contributed by atoms with Gasteiger partial charge in [0.25, 0.3) is 0 Å². The summed E-state index contributed by atoms with van der Waals surface area (Å²) in [5.41, 5.74) is 1.06. The highest BCUT2D eigenvalue weighted by Gasteiger charge is 2.06. The number of nitrogens with one attached hydrogen (secondary N) is 1. The zero-order chi connectivity index (χ0) is 12.7. The predicted molar refractivity (Wildman–Crippen MR) is 70.4 cm³/mol. The predicted octanol–water partition coefficient (Wildman–Crippen LogP) is 2.93. The largest absolute Gasteiger partial charge is 0.310 e. The summed E-state index contributed by atoms with van der Waals surface area (Å²) in [5.74, 6) is 0.836. The highest BCUT2D eigenvalue weighted by atomic mass is 32.2. The van der Waals surface area contributed by atoms with E-state index in [1.807, 2.05) is 6.07 Å². The molecule has 0 bridgehead atoms. The van der Waals surface area contributed by atoms with Gasteiger partial charge in [-0.25, -0.2) is 4.39 Å². The van der Waals surface area contributed by atoms with Crippen LogP contribution in [-0.2, 0) is 6.54 Å². The lowest BCUT2D eigenvalue weighted by Gasteiger charge is -2.13. The molecule has 2 nitrogen and oxygen atoms in total. The Morgan fingerprint density at radius 2 is 2.29 bits per heavy atom. The van der Waals surface area contributed by atoms with E-state index in [0.717, 1.165) is 12.2 Å². The summed E-state index contributed by atoms with van der Waals surface area (Å²) >= 11 is 1.80. The number of nitrogens with zero attached hydrogens (tertiary/aromatic N) is 1. The topological polar surface area (TPSA) is 35.8 Å². The van der Waals surface area contributed by atoms with Gasteiger partial charge in [-0.15, -0.1) is 0 Å². The highest BCUT2D eigenvalue weighted by molar-refractivity contribution is 7.98. The number of nitriles is 1. The lowest BCUT2D eigenvalue weighted by atomic mass is 10.1. The van der Waals surface area contributed by atoms with Crippen LogP contribution >= 0.6 is 11.8 Å². The lowest BCUT2D eigenvalue weighted by molar-refractivity contribution is 0.519. The minimum absolute atomic E-state index is 0.256. The Kier molecular flexibility index (Phi) is 6.03. The number of hydrogen-bond acceptors (Lipinski definition) is 3. The van der Waals surface area contributed by atoms with Crippen molar-refractivity contribution in [2.24, 2.45) is 0 Å². The second-order valence-electron chi connectivity index (χ2n) is 3.98. The van der Waals surface area contributed by atoms with Crippen molar-refractivity contribution < 1.29 is 4.39 Å². The first-order valence-corrected chi connectivity index (χ1v) is 6.97. The van der Waals surface area contributed by atoms with Crippen molar-refractivity contribution in [3.63, 3.8) is 0 Å². The molecule has 4 heteroatoms. The molecular formula is C13H17FN2S. The molecule has 0 aromatic heterocycles. The van der Waals surface area contributed by atoms with Gasteiger partial charge in [0.1, 0.15) is 5.82 Å². The van der Waals surface area contributed by atoms with Crippen LogP contribution in [0.4, 0.5) is 4.39 Å². The van der Waals surface area contributed by atoms with Gasteiger partial charge in [-0.1, -0.05) is 0 Å². The van der Waals surface area contributed by atoms with Gasteiger partial charge in [-0.05, 0) is 43.6 Å². The molecule has 17 heavy (non-hydrogen) atoms. The van der Waals surface area contributed by atoms with E-state index in [1.54, 1.807) is 17.8 Å². The normalized spacial score (nSPS) is 12.1. The number of hydrogen-bond donors (Lipinski definition) is 1. The maximum Gasteiger partial charge on any atom is 0.127 e. The molecular weight excluding hydrogens is 235 g/mol. The van der Waals surface area contributed by atoms with Gasteiger partial charge in [0, 0.05) is 18.2 Å². The second-order valence-corrected chi connectivity index (χ2v) is 4.97. The van der Waals surface area contributed by atoms with Crippen molar-refractivity contribution in [1.29, 1.82) is 5.26 Å². The Balaban J connectivity index is 2.54. The van der Waals surface area contributed by atoms with Gasteiger partial charge >= 0.3 is 0 Å². The van der Waals surface area contributed by atoms with Crippen LogP contribution < -0.4 is 5.32 Å². The van der Waals surface area contributed by atoms with Crippen LogP contribution in [0.2, 0.25) is 0 Å². The fourth-order valence-corrected chi connectivity index (χ4v) is 2.05. The van der Waals surface area contributed by atoms with E-state index in [9.17, 15) is 4.39 Å². The molecule has 0 aliphatic rings. The first-order chi connectivity index (χ1) is 8.17. The Morgan fingerprint density at radius 3 is 2.94 bits per heavy atom. The Labute approximate surface area is 106 Å². The van der Waals surface area contributed by atoms with E-state index in [1.165, 1.54) is 12.1 Å². The summed E-state index contributed by atoms with van der Waals surface area (Å²) in [6.07, 6.45) is 3.13. The van der Waals surface area contributed by atoms with Crippen LogP contribution in [0.5, 0.6) is 0 Å². The Hall–Kier alpha value is -1.05. The molecule has 0 saturated carbocycles. The molecule has 0 heterocycles. The quantitative estimate of drug-likeness (QED) is 0.845. The highest BCUT2D eigenvalue weighted by Crippen LogP contribution is 2.10. The van der Waals surface area contributed by atoms with Gasteiger partial charge < -0.3 is 5.32 Å². The van der Waals surface area contributed by atoms with E-state index in [0.29, 0.717) is 23.7 Å². The van der Waals surface area contributed by atoms with Crippen molar-refractivity contribution in [3.05, 3.63) is 35.1 Å². The summed E-state index contributed by atoms with van der Waals surface area (Å²) in [7, 11) is 0. The standard InChI is InChI=1S/C13H17FN2S/c1-10(5-6-17-2)16-9-12-7-11(8-15)3-4-13(12)14/h3-4,7,10,16H,5-6,9H2,1-2H3. The summed E-state index contributed by atoms with van der Waals surface area (Å²) in [6, 6.07) is 6.82. The summed E-state index contributed by atoms with van der Waals surface area (Å²) in [5, 5.41) is 12.0. The number of rotatable bonds is 6. The van der Waals surface area contributed by atoms with Crippen LogP contribution in [-0.4, -0.2) is 18.1 Å². The second kappa shape index (κ2) is 7.31. The number of benzene rings is 1. The van der Waals surface area contributed by atoms with E-state index in [2.05, 4.69) is 18.5 Å². The summed E-state index contributed by atoms with van der Waals surface area (Å²) in [4.78, 5) is 0. The van der Waals surface area contributed by atoms with E-state index in [4.69, 9.17) is 5.26 Å². The molecule has 0 aliphatic heterocycles. The molecule has 0 saturated heterocycles. The smallest absolute Gasteiger partial charge is 0.127 e. The molecule has 0 fully saturated rings. The summed E-state index contributed by atoms with van der Waals surface area (Å²) < 4.78 is 13.5. The molecule has 0 amide bonds. The lowest BCUT2D eigenvalue weighted by Crippen LogP contribution is -2.26. The Morgan fingerprint density at radius 1 is 1.53 bits per heavy atom.